The van der Waals surface area contributed by atoms with Gasteiger partial charge in [-0.3, -0.25) is 4.98 Å². The van der Waals surface area contributed by atoms with E-state index in [1.807, 2.05) is 12.3 Å². The number of fused-ring (bicyclic) bond motifs is 2. The third kappa shape index (κ3) is 2.33. The molecule has 23 heavy (non-hydrogen) atoms. The van der Waals surface area contributed by atoms with Gasteiger partial charge in [-0.2, -0.15) is 0 Å². The van der Waals surface area contributed by atoms with E-state index < -0.39 is 0 Å². The summed E-state index contributed by atoms with van der Waals surface area (Å²) in [7, 11) is 0. The highest BCUT2D eigenvalue weighted by molar-refractivity contribution is 5.96. The molecular formula is C21H18N2. The third-order valence-electron chi connectivity index (χ3n) is 4.53. The van der Waals surface area contributed by atoms with E-state index in [0.29, 0.717) is 0 Å². The molecule has 2 aromatic heterocycles. The minimum absolute atomic E-state index is 1.09. The van der Waals surface area contributed by atoms with Crippen LogP contribution in [0.1, 0.15) is 22.3 Å². The van der Waals surface area contributed by atoms with Gasteiger partial charge in [-0.1, -0.05) is 42.5 Å². The number of hydrogen-bond donors (Lipinski definition) is 1. The van der Waals surface area contributed by atoms with E-state index in [2.05, 4.69) is 78.6 Å². The number of nitrogens with one attached hydrogen (secondary N) is 1. The lowest BCUT2D eigenvalue weighted by Crippen LogP contribution is -1.89. The van der Waals surface area contributed by atoms with Gasteiger partial charge in [0.2, 0.25) is 0 Å². The second-order valence-electron chi connectivity index (χ2n) is 5.93. The molecule has 2 heteroatoms. The minimum Gasteiger partial charge on any atom is -0.361 e. The minimum atomic E-state index is 1.09. The van der Waals surface area contributed by atoms with Crippen molar-refractivity contribution in [3.05, 3.63) is 77.1 Å². The molecule has 4 aromatic rings. The Morgan fingerprint density at radius 3 is 2.61 bits per heavy atom. The molecule has 2 nitrogen and oxygen atoms in total. The number of rotatable bonds is 2. The van der Waals surface area contributed by atoms with Crippen molar-refractivity contribution in [2.24, 2.45) is 0 Å². The van der Waals surface area contributed by atoms with Crippen LogP contribution < -0.4 is 0 Å². The van der Waals surface area contributed by atoms with Gasteiger partial charge in [0.1, 0.15) is 0 Å². The fraction of sp³-hybridized carbons (Fsp3) is 0.0952. The summed E-state index contributed by atoms with van der Waals surface area (Å²) in [5.41, 5.74) is 7.19. The van der Waals surface area contributed by atoms with Crippen molar-refractivity contribution in [3.8, 4) is 0 Å². The molecular weight excluding hydrogens is 280 g/mol. The number of pyridine rings is 1. The zero-order chi connectivity index (χ0) is 15.8. The van der Waals surface area contributed by atoms with Crippen molar-refractivity contribution in [2.75, 3.05) is 0 Å². The fourth-order valence-corrected chi connectivity index (χ4v) is 3.04. The lowest BCUT2D eigenvalue weighted by Gasteiger charge is -2.07. The number of H-pyrrole nitrogens is 1. The van der Waals surface area contributed by atoms with Gasteiger partial charge in [-0.05, 0) is 48.2 Å². The van der Waals surface area contributed by atoms with Gasteiger partial charge in [0.05, 0.1) is 5.52 Å². The summed E-state index contributed by atoms with van der Waals surface area (Å²) >= 11 is 0. The van der Waals surface area contributed by atoms with E-state index in [0.717, 1.165) is 5.52 Å². The Balaban J connectivity index is 1.83. The SMILES string of the molecule is Cc1ccc2c(/C=C\c3c[nH]c4ccccc34)ccnc2c1C. The van der Waals surface area contributed by atoms with Crippen LogP contribution in [0.2, 0.25) is 0 Å². The summed E-state index contributed by atoms with van der Waals surface area (Å²) in [6.45, 7) is 4.27. The number of nitrogens with zero attached hydrogens (tertiary/aromatic N) is 1. The van der Waals surface area contributed by atoms with E-state index in [1.165, 1.54) is 38.5 Å². The number of hydrogen-bond acceptors (Lipinski definition) is 1. The standard InChI is InChI=1S/C21H18N2/c1-14-7-10-19-16(11-12-22-21(19)15(14)2)8-9-17-13-23-20-6-4-3-5-18(17)20/h3-13,23H,1-2H3/b9-8-. The van der Waals surface area contributed by atoms with Crippen molar-refractivity contribution in [1.82, 2.24) is 9.97 Å². The Kier molecular flexibility index (Phi) is 3.23. The predicted molar refractivity (Wildman–Crippen MR) is 98.4 cm³/mol. The molecule has 0 unspecified atom stereocenters. The summed E-state index contributed by atoms with van der Waals surface area (Å²) in [6.07, 6.45) is 8.29. The normalized spacial score (nSPS) is 11.7. The van der Waals surface area contributed by atoms with Gasteiger partial charge in [0.15, 0.2) is 0 Å². The van der Waals surface area contributed by atoms with Gasteiger partial charge in [0, 0.05) is 28.7 Å². The Morgan fingerprint density at radius 1 is 0.870 bits per heavy atom. The second-order valence-corrected chi connectivity index (χ2v) is 5.93. The zero-order valence-corrected chi connectivity index (χ0v) is 13.3. The molecule has 0 saturated carbocycles. The van der Waals surface area contributed by atoms with Crippen molar-refractivity contribution >= 4 is 34.0 Å². The molecule has 112 valence electrons. The lowest BCUT2D eigenvalue weighted by molar-refractivity contribution is 1.31. The predicted octanol–water partition coefficient (Wildman–Crippen LogP) is 5.50. The maximum Gasteiger partial charge on any atom is 0.0739 e. The van der Waals surface area contributed by atoms with E-state index in [9.17, 15) is 0 Å². The first-order chi connectivity index (χ1) is 11.2. The average molecular weight is 298 g/mol. The molecule has 0 amide bonds. The third-order valence-corrected chi connectivity index (χ3v) is 4.53. The number of aromatic nitrogens is 2. The molecule has 0 radical (unpaired) electrons. The maximum absolute atomic E-state index is 4.56. The van der Waals surface area contributed by atoms with Crippen molar-refractivity contribution in [3.63, 3.8) is 0 Å². The van der Waals surface area contributed by atoms with E-state index in [-0.39, 0.29) is 0 Å². The highest BCUT2D eigenvalue weighted by Gasteiger charge is 2.05. The number of aromatic amines is 1. The summed E-state index contributed by atoms with van der Waals surface area (Å²) in [5, 5.41) is 2.45. The molecule has 1 N–H and O–H groups in total. The molecule has 0 saturated heterocycles. The zero-order valence-electron chi connectivity index (χ0n) is 13.3. The first-order valence-corrected chi connectivity index (χ1v) is 7.83. The first-order valence-electron chi connectivity index (χ1n) is 7.83. The Bertz CT molecular complexity index is 1040. The van der Waals surface area contributed by atoms with E-state index in [4.69, 9.17) is 0 Å². The van der Waals surface area contributed by atoms with Crippen LogP contribution >= 0.6 is 0 Å². The van der Waals surface area contributed by atoms with E-state index >= 15 is 0 Å². The second kappa shape index (κ2) is 5.40. The number of aryl methyl sites for hydroxylation is 2. The molecule has 2 aromatic carbocycles. The van der Waals surface area contributed by atoms with Crippen LogP contribution in [0.25, 0.3) is 34.0 Å². The highest BCUT2D eigenvalue weighted by atomic mass is 14.7. The van der Waals surface area contributed by atoms with Gasteiger partial charge in [-0.15, -0.1) is 0 Å². The van der Waals surface area contributed by atoms with Crippen LogP contribution in [-0.4, -0.2) is 9.97 Å². The quantitative estimate of drug-likeness (QED) is 0.520. The van der Waals surface area contributed by atoms with Gasteiger partial charge in [0.25, 0.3) is 0 Å². The van der Waals surface area contributed by atoms with Crippen LogP contribution in [0.3, 0.4) is 0 Å². The monoisotopic (exact) mass is 298 g/mol. The number of benzene rings is 2. The summed E-state index contributed by atoms with van der Waals surface area (Å²) in [6, 6.07) is 14.8. The smallest absolute Gasteiger partial charge is 0.0739 e. The molecule has 0 atom stereocenters. The fourth-order valence-electron chi connectivity index (χ4n) is 3.04. The van der Waals surface area contributed by atoms with Gasteiger partial charge in [-0.25, -0.2) is 0 Å². The summed E-state index contributed by atoms with van der Waals surface area (Å²) in [5.74, 6) is 0. The van der Waals surface area contributed by atoms with Crippen molar-refractivity contribution in [1.29, 1.82) is 0 Å². The van der Waals surface area contributed by atoms with Gasteiger partial charge < -0.3 is 4.98 Å². The molecule has 0 aliphatic heterocycles. The lowest BCUT2D eigenvalue weighted by atomic mass is 10.0. The van der Waals surface area contributed by atoms with Crippen LogP contribution in [0.15, 0.2) is 54.9 Å². The Labute approximate surface area is 135 Å². The maximum atomic E-state index is 4.56. The Hall–Kier alpha value is -2.87. The molecule has 0 spiro atoms. The summed E-state index contributed by atoms with van der Waals surface area (Å²) in [4.78, 5) is 7.87. The average Bonchev–Trinajstić information content (AvgIpc) is 3.00. The molecule has 0 aliphatic carbocycles. The Morgan fingerprint density at radius 2 is 1.70 bits per heavy atom. The highest BCUT2D eigenvalue weighted by Crippen LogP contribution is 2.25. The first kappa shape index (κ1) is 13.8. The van der Waals surface area contributed by atoms with Crippen LogP contribution in [0.5, 0.6) is 0 Å². The van der Waals surface area contributed by atoms with Crippen molar-refractivity contribution < 1.29 is 0 Å². The molecule has 0 aliphatic rings. The summed E-state index contributed by atoms with van der Waals surface area (Å²) < 4.78 is 0. The molecule has 0 bridgehead atoms. The van der Waals surface area contributed by atoms with Crippen LogP contribution in [-0.2, 0) is 0 Å². The molecule has 4 rings (SSSR count). The molecule has 0 fully saturated rings. The largest absolute Gasteiger partial charge is 0.361 e. The molecule has 2 heterocycles. The van der Waals surface area contributed by atoms with Crippen LogP contribution in [0.4, 0.5) is 0 Å². The van der Waals surface area contributed by atoms with Crippen LogP contribution in [0, 0.1) is 13.8 Å². The van der Waals surface area contributed by atoms with E-state index in [1.54, 1.807) is 0 Å². The number of para-hydroxylation sites is 1. The topological polar surface area (TPSA) is 28.7 Å². The van der Waals surface area contributed by atoms with Gasteiger partial charge >= 0.3 is 0 Å². The van der Waals surface area contributed by atoms with Crippen molar-refractivity contribution in [2.45, 2.75) is 13.8 Å².